The van der Waals surface area contributed by atoms with Gasteiger partial charge >= 0.3 is 0 Å². The van der Waals surface area contributed by atoms with E-state index in [1.807, 2.05) is 0 Å². The summed E-state index contributed by atoms with van der Waals surface area (Å²) in [6.07, 6.45) is 0.0580. The maximum Gasteiger partial charge on any atom is 0.223 e. The molecule has 0 saturated heterocycles. The van der Waals surface area contributed by atoms with E-state index in [1.54, 1.807) is 13.8 Å². The van der Waals surface area contributed by atoms with Gasteiger partial charge in [0.05, 0.1) is 25.2 Å². The van der Waals surface area contributed by atoms with E-state index in [0.717, 1.165) is 12.1 Å². The summed E-state index contributed by atoms with van der Waals surface area (Å²) in [5.74, 6) is -2.08. The van der Waals surface area contributed by atoms with E-state index < -0.39 is 17.2 Å². The number of halogens is 2. The summed E-state index contributed by atoms with van der Waals surface area (Å²) in [4.78, 5) is 11.5. The number of aliphatic hydroxyl groups is 1. The maximum absolute atomic E-state index is 12.9. The summed E-state index contributed by atoms with van der Waals surface area (Å²) >= 11 is 0. The molecule has 1 amide bonds. The summed E-state index contributed by atoms with van der Waals surface area (Å²) in [5.41, 5.74) is -0.695. The molecule has 19 heavy (non-hydrogen) atoms. The SMILES string of the molecule is CC(C)(CO)NC(=O)CCOc1ccc(F)c(F)c1. The predicted molar refractivity (Wildman–Crippen MR) is 65.8 cm³/mol. The number of carbonyl (C=O) groups excluding carboxylic acids is 1. The number of hydrogen-bond donors (Lipinski definition) is 2. The lowest BCUT2D eigenvalue weighted by atomic mass is 10.1. The van der Waals surface area contributed by atoms with Crippen molar-refractivity contribution in [2.24, 2.45) is 0 Å². The van der Waals surface area contributed by atoms with Crippen LogP contribution in [0.3, 0.4) is 0 Å². The highest BCUT2D eigenvalue weighted by Gasteiger charge is 2.18. The van der Waals surface area contributed by atoms with E-state index in [4.69, 9.17) is 9.84 Å². The molecule has 0 aliphatic carbocycles. The minimum absolute atomic E-state index is 0.0401. The number of benzene rings is 1. The third-order valence-electron chi connectivity index (χ3n) is 2.36. The first-order chi connectivity index (χ1) is 8.84. The van der Waals surface area contributed by atoms with Gasteiger partial charge < -0.3 is 15.2 Å². The van der Waals surface area contributed by atoms with Crippen molar-refractivity contribution < 1.29 is 23.4 Å². The highest BCUT2D eigenvalue weighted by atomic mass is 19.2. The third kappa shape index (κ3) is 5.21. The van der Waals surface area contributed by atoms with Crippen LogP contribution < -0.4 is 10.1 Å². The van der Waals surface area contributed by atoms with E-state index in [-0.39, 0.29) is 31.3 Å². The first kappa shape index (κ1) is 15.4. The van der Waals surface area contributed by atoms with Crippen LogP contribution in [0.2, 0.25) is 0 Å². The molecular formula is C13H17F2NO3. The van der Waals surface area contributed by atoms with Gasteiger partial charge in [-0.05, 0) is 26.0 Å². The van der Waals surface area contributed by atoms with Gasteiger partial charge in [-0.2, -0.15) is 0 Å². The molecule has 0 saturated carbocycles. The number of aliphatic hydroxyl groups excluding tert-OH is 1. The second-order valence-corrected chi connectivity index (χ2v) is 4.76. The molecule has 0 unspecified atom stereocenters. The van der Waals surface area contributed by atoms with Gasteiger partial charge in [-0.3, -0.25) is 4.79 Å². The van der Waals surface area contributed by atoms with E-state index in [2.05, 4.69) is 5.32 Å². The van der Waals surface area contributed by atoms with Crippen LogP contribution in [0.25, 0.3) is 0 Å². The fourth-order valence-electron chi connectivity index (χ4n) is 1.31. The maximum atomic E-state index is 12.9. The summed E-state index contributed by atoms with van der Waals surface area (Å²) in [6.45, 7) is 3.23. The zero-order valence-corrected chi connectivity index (χ0v) is 10.9. The van der Waals surface area contributed by atoms with Crippen LogP contribution in [0.15, 0.2) is 18.2 Å². The van der Waals surface area contributed by atoms with Gasteiger partial charge in [0, 0.05) is 6.07 Å². The Morgan fingerprint density at radius 2 is 2.05 bits per heavy atom. The van der Waals surface area contributed by atoms with Crippen LogP contribution in [-0.2, 0) is 4.79 Å². The molecule has 1 aromatic carbocycles. The normalized spacial score (nSPS) is 11.2. The molecule has 0 aliphatic rings. The van der Waals surface area contributed by atoms with Crippen molar-refractivity contribution in [3.63, 3.8) is 0 Å². The van der Waals surface area contributed by atoms with Crippen LogP contribution in [0.4, 0.5) is 8.78 Å². The lowest BCUT2D eigenvalue weighted by molar-refractivity contribution is -0.123. The number of hydrogen-bond acceptors (Lipinski definition) is 3. The zero-order valence-electron chi connectivity index (χ0n) is 10.9. The molecule has 0 aliphatic heterocycles. The number of rotatable bonds is 6. The quantitative estimate of drug-likeness (QED) is 0.828. The van der Waals surface area contributed by atoms with Gasteiger partial charge in [0.25, 0.3) is 0 Å². The molecule has 6 heteroatoms. The number of ether oxygens (including phenoxy) is 1. The lowest BCUT2D eigenvalue weighted by Gasteiger charge is -2.23. The third-order valence-corrected chi connectivity index (χ3v) is 2.36. The molecule has 1 rings (SSSR count). The molecule has 0 fully saturated rings. The second-order valence-electron chi connectivity index (χ2n) is 4.76. The lowest BCUT2D eigenvalue weighted by Crippen LogP contribution is -2.46. The molecule has 0 atom stereocenters. The van der Waals surface area contributed by atoms with Crippen molar-refractivity contribution in [1.29, 1.82) is 0 Å². The summed E-state index contributed by atoms with van der Waals surface area (Å²) in [6, 6.07) is 3.17. The fraction of sp³-hybridized carbons (Fsp3) is 0.462. The second kappa shape index (κ2) is 6.47. The fourth-order valence-corrected chi connectivity index (χ4v) is 1.31. The molecule has 0 bridgehead atoms. The smallest absolute Gasteiger partial charge is 0.223 e. The molecule has 0 radical (unpaired) electrons. The molecule has 0 spiro atoms. The average Bonchev–Trinajstić information content (AvgIpc) is 2.33. The first-order valence-electron chi connectivity index (χ1n) is 5.84. The number of amides is 1. The van der Waals surface area contributed by atoms with Crippen molar-refractivity contribution in [2.45, 2.75) is 25.8 Å². The Balaban J connectivity index is 2.38. The zero-order chi connectivity index (χ0) is 14.5. The Kier molecular flexibility index (Phi) is 5.23. The Morgan fingerprint density at radius 3 is 2.63 bits per heavy atom. The molecule has 1 aromatic rings. The van der Waals surface area contributed by atoms with Crippen LogP contribution in [0.1, 0.15) is 20.3 Å². The largest absolute Gasteiger partial charge is 0.493 e. The van der Waals surface area contributed by atoms with Crippen LogP contribution in [-0.4, -0.2) is 29.8 Å². The van der Waals surface area contributed by atoms with Gasteiger partial charge in [0.2, 0.25) is 5.91 Å². The van der Waals surface area contributed by atoms with Crippen molar-refractivity contribution >= 4 is 5.91 Å². The predicted octanol–water partition coefficient (Wildman–Crippen LogP) is 1.62. The van der Waals surface area contributed by atoms with Crippen molar-refractivity contribution in [3.8, 4) is 5.75 Å². The van der Waals surface area contributed by atoms with Gasteiger partial charge in [0.15, 0.2) is 11.6 Å². The van der Waals surface area contributed by atoms with Gasteiger partial charge in [-0.15, -0.1) is 0 Å². The summed E-state index contributed by atoms with van der Waals surface area (Å²) in [5, 5.41) is 11.6. The minimum atomic E-state index is -0.997. The molecule has 2 N–H and O–H groups in total. The van der Waals surface area contributed by atoms with Crippen LogP contribution in [0, 0.1) is 11.6 Å². The topological polar surface area (TPSA) is 58.6 Å². The standard InChI is InChI=1S/C13H17F2NO3/c1-13(2,8-17)16-12(18)5-6-19-9-3-4-10(14)11(15)7-9/h3-4,7,17H,5-6,8H2,1-2H3,(H,16,18). The Labute approximate surface area is 110 Å². The highest BCUT2D eigenvalue weighted by molar-refractivity contribution is 5.76. The number of nitrogens with one attached hydrogen (secondary N) is 1. The van der Waals surface area contributed by atoms with Gasteiger partial charge in [-0.1, -0.05) is 0 Å². The average molecular weight is 273 g/mol. The Morgan fingerprint density at radius 1 is 1.37 bits per heavy atom. The summed E-state index contributed by atoms with van der Waals surface area (Å²) in [7, 11) is 0. The Hall–Kier alpha value is -1.69. The van der Waals surface area contributed by atoms with Gasteiger partial charge in [-0.25, -0.2) is 8.78 Å². The van der Waals surface area contributed by atoms with Crippen LogP contribution >= 0.6 is 0 Å². The molecular weight excluding hydrogens is 256 g/mol. The molecule has 0 aromatic heterocycles. The van der Waals surface area contributed by atoms with Crippen molar-refractivity contribution in [2.75, 3.05) is 13.2 Å². The van der Waals surface area contributed by atoms with E-state index in [0.29, 0.717) is 0 Å². The Bertz CT molecular complexity index is 450. The first-order valence-corrected chi connectivity index (χ1v) is 5.84. The van der Waals surface area contributed by atoms with E-state index >= 15 is 0 Å². The van der Waals surface area contributed by atoms with Crippen molar-refractivity contribution in [3.05, 3.63) is 29.8 Å². The number of carbonyl (C=O) groups is 1. The summed E-state index contributed by atoms with van der Waals surface area (Å²) < 4.78 is 30.7. The molecule has 0 heterocycles. The van der Waals surface area contributed by atoms with Gasteiger partial charge in [0.1, 0.15) is 5.75 Å². The minimum Gasteiger partial charge on any atom is -0.493 e. The molecule has 4 nitrogen and oxygen atoms in total. The van der Waals surface area contributed by atoms with Crippen molar-refractivity contribution in [1.82, 2.24) is 5.32 Å². The van der Waals surface area contributed by atoms with E-state index in [9.17, 15) is 13.6 Å². The van der Waals surface area contributed by atoms with E-state index in [1.165, 1.54) is 6.07 Å². The highest BCUT2D eigenvalue weighted by Crippen LogP contribution is 2.15. The molecule has 106 valence electrons. The van der Waals surface area contributed by atoms with Crippen LogP contribution in [0.5, 0.6) is 5.75 Å². The monoisotopic (exact) mass is 273 g/mol.